The molecular weight excluding hydrogens is 1800 g/mol. The number of rotatable bonds is 57. The number of aliphatic hydroxyl groups excluding tert-OH is 17. The number of guanidine groups is 4. The number of hydrogen-bond acceptors (Lipinski definition) is 23. The van der Waals surface area contributed by atoms with E-state index >= 15 is 0 Å². The van der Waals surface area contributed by atoms with Crippen LogP contribution in [0.3, 0.4) is 0 Å². The minimum Gasteiger partial charge on any atom is -0.497 e. The molecule has 0 aromatic rings. The van der Waals surface area contributed by atoms with E-state index in [1.165, 1.54) is 34.6 Å². The molecule has 16 atom stereocenters. The summed E-state index contributed by atoms with van der Waals surface area (Å²) < 4.78 is 0. The Hall–Kier alpha value is -13.2. The topological polar surface area (TPSA) is 888 Å². The van der Waals surface area contributed by atoms with E-state index in [9.17, 15) is 107 Å². The molecule has 50 heteroatoms. The summed E-state index contributed by atoms with van der Waals surface area (Å²) in [6.45, 7) is 23.2. The Kier molecular flexibility index (Phi) is 56.9. The van der Waals surface area contributed by atoms with Crippen molar-refractivity contribution in [3.05, 3.63) is 12.2 Å². The molecule has 1 aliphatic rings. The molecule has 36 N–H and O–H groups in total. The van der Waals surface area contributed by atoms with Crippen molar-refractivity contribution < 1.29 is 107 Å². The summed E-state index contributed by atoms with van der Waals surface area (Å²) in [6.07, 6.45) is 3.90. The number of carbonyl (C=O) groups is 2. The predicted octanol–water partition coefficient (Wildman–Crippen LogP) is 10.3. The summed E-state index contributed by atoms with van der Waals surface area (Å²) in [5.41, 5.74) is 18.2. The molecule has 0 bridgehead atoms. The number of nitrogens with zero attached hydrogens (tertiary/aromatic N) is 16. The SMILES string of the molecule is CCCC[C@@H]1N=C(O)[C@](C)(N=C(O)[C@@H](N=C(O)[C@H](CCCNC(=N)N)N=C(O)[C@H](CCCNC(=N)N)N=C(O)CCN=C(C)O)[C@@H](C)CC)CCCC=CCCC[C@](C)(C(O)=N[C@@H](C)C(O)=N[C@@H](C)C(O)=N[C@@H](CC(=N)O)C(O)=N[C@@H](CCCNC(=N)N)C(O)=N[C@@H](CC(C)C)C(O)=N[C@@H](CCC(=O)O)C(O)=N[C@@H](CCCNC(=N)N)C(=O)O)N=C(O)[C@H](CC(C)C)N=C(O)[C@H](CC(C)C)N=C1O. The number of aliphatic carboxylic acids is 2. The van der Waals surface area contributed by atoms with E-state index in [1.54, 1.807) is 27.7 Å². The standard InChI is InChI=1S/C88H157N29O21/c1-15-17-28-57-72(127)112-61(44-48(5)6)76(131)113-62(45-49(7)8)78(133)116-87(13,36-22-20-18-19-21-23-37-88(14,82(138)114-57)117-79(134)67(50(9)16-2)115-74(129)56(31-26-40-101-85(94)95)106-70(125)54(29-24-38-99-83(90)91)105-65(120)35-42-98-53(12)118)81(137)104-52(11)68(123)103-51(10)69(124)110-63(46-64(89)119)77(132)107-55(30-25-39-100-84(92)93)71(126)111-60(43-47(3)4)75(130)108-58(33-34-66(121)122)73(128)109-59(80(135)136)32-27-41-102-86(96)97/h18-19,47-52,54-63,67H,15-17,20-46H2,1-14H3,(H2,89,119)(H,98,118)(H,103,123)(H,104,137)(H,105,120)(H,106,125)(H,107,132)(H,108,130)(H,109,128)(H,110,124)(H,111,126)(H,112,127)(H,113,131)(H,114,138)(H,115,129)(H,116,133)(H,117,134)(H,121,122)(H,135,136)(H4,90,91,99)(H4,92,93,100)(H4,94,95,101)(H4,96,97,102)/t50-,51-,52-,54-,55-,56-,57-,58-,59-,60-,61-,62-,63-,67-,87+,88+/m0/s1. The Labute approximate surface area is 806 Å². The lowest BCUT2D eigenvalue weighted by Crippen LogP contribution is -2.39. The summed E-state index contributed by atoms with van der Waals surface area (Å²) in [5, 5.41) is 266. The first-order chi connectivity index (χ1) is 64.6. The third kappa shape index (κ3) is 50.0. The van der Waals surface area contributed by atoms with Gasteiger partial charge in [-0.2, -0.15) is 0 Å². The smallest absolute Gasteiger partial charge is 0.328 e. The summed E-state index contributed by atoms with van der Waals surface area (Å²) in [4.78, 5) is 93.5. The fraction of sp³-hybridized carbons (Fsp3) is 0.716. The second-order valence-corrected chi connectivity index (χ2v) is 35.5. The Morgan fingerprint density at radius 3 is 1.31 bits per heavy atom. The number of carboxylic acid groups (broad SMARTS) is 2. The van der Waals surface area contributed by atoms with Crippen LogP contribution in [0.1, 0.15) is 257 Å². The highest BCUT2D eigenvalue weighted by Gasteiger charge is 2.39. The van der Waals surface area contributed by atoms with Crippen molar-refractivity contribution in [2.45, 2.75) is 347 Å². The van der Waals surface area contributed by atoms with Crippen molar-refractivity contribution in [1.82, 2.24) is 21.3 Å². The number of aliphatic hydroxyl groups is 17. The van der Waals surface area contributed by atoms with Crippen LogP contribution in [0.5, 0.6) is 0 Å². The summed E-state index contributed by atoms with van der Waals surface area (Å²) in [6, 6.07) is -19.3. The van der Waals surface area contributed by atoms with Crippen LogP contribution in [0.4, 0.5) is 0 Å². The highest BCUT2D eigenvalue weighted by molar-refractivity contribution is 5.98. The van der Waals surface area contributed by atoms with Crippen LogP contribution in [0.15, 0.2) is 92.0 Å². The zero-order chi connectivity index (χ0) is 105. The maximum absolute atomic E-state index is 12.5. The molecule has 0 aliphatic carbocycles. The van der Waals surface area contributed by atoms with Crippen molar-refractivity contribution in [3.63, 3.8) is 0 Å². The zero-order valence-corrected chi connectivity index (χ0v) is 82.0. The van der Waals surface area contributed by atoms with Gasteiger partial charge in [0.1, 0.15) is 83.6 Å². The van der Waals surface area contributed by atoms with Gasteiger partial charge in [-0.25, -0.2) is 79.7 Å². The lowest BCUT2D eigenvalue weighted by atomic mass is 9.93. The lowest BCUT2D eigenvalue weighted by Gasteiger charge is -2.27. The van der Waals surface area contributed by atoms with Gasteiger partial charge in [0.2, 0.25) is 82.6 Å². The molecule has 0 radical (unpaired) electrons. The minimum atomic E-state index is -1.87. The van der Waals surface area contributed by atoms with Crippen LogP contribution in [-0.2, 0) is 9.59 Å². The van der Waals surface area contributed by atoms with Gasteiger partial charge in [-0.3, -0.25) is 36.8 Å². The van der Waals surface area contributed by atoms with Crippen LogP contribution in [0, 0.1) is 50.7 Å². The third-order valence-electron chi connectivity index (χ3n) is 21.4. The predicted molar refractivity (Wildman–Crippen MR) is 544 cm³/mol. The Morgan fingerprint density at radius 2 is 0.870 bits per heavy atom. The van der Waals surface area contributed by atoms with E-state index in [4.69, 9.17) is 55.0 Å². The van der Waals surface area contributed by atoms with Crippen LogP contribution in [0.2, 0.25) is 0 Å². The van der Waals surface area contributed by atoms with Crippen molar-refractivity contribution >= 4 is 136 Å². The summed E-state index contributed by atoms with van der Waals surface area (Å²) >= 11 is 0. The molecule has 0 saturated carbocycles. The van der Waals surface area contributed by atoms with Crippen LogP contribution < -0.4 is 44.2 Å². The number of allylic oxidation sites excluding steroid dienone is 2. The van der Waals surface area contributed by atoms with Crippen molar-refractivity contribution in [2.24, 2.45) is 126 Å². The van der Waals surface area contributed by atoms with Gasteiger partial charge in [0.15, 0.2) is 47.6 Å². The van der Waals surface area contributed by atoms with Gasteiger partial charge in [0.25, 0.3) is 0 Å². The quantitative estimate of drug-likeness (QED) is 0.0116. The van der Waals surface area contributed by atoms with Gasteiger partial charge < -0.3 is 141 Å². The van der Waals surface area contributed by atoms with Gasteiger partial charge in [-0.15, -0.1) is 0 Å². The first kappa shape index (κ1) is 123. The fourth-order valence-corrected chi connectivity index (χ4v) is 13.5. The number of aliphatic imine (C=N–C) groups is 16. The second kappa shape index (κ2) is 64.0. The van der Waals surface area contributed by atoms with Crippen LogP contribution >= 0.6 is 0 Å². The van der Waals surface area contributed by atoms with Crippen LogP contribution in [-0.4, -0.2) is 355 Å². The average Bonchev–Trinajstić information content (AvgIpc) is 0.857. The van der Waals surface area contributed by atoms with Gasteiger partial charge in [0, 0.05) is 45.9 Å². The number of hydrogen-bond donors (Lipinski definition) is 32. The molecule has 1 aliphatic heterocycles. The summed E-state index contributed by atoms with van der Waals surface area (Å²) in [7, 11) is 0. The normalized spacial score (nSPS) is 21.3. The van der Waals surface area contributed by atoms with E-state index in [-0.39, 0.29) is 183 Å². The molecule has 0 fully saturated rings. The molecule has 780 valence electrons. The van der Waals surface area contributed by atoms with E-state index in [2.05, 4.69) is 96.2 Å². The van der Waals surface area contributed by atoms with Gasteiger partial charge in [-0.05, 0) is 173 Å². The number of nitrogens with two attached hydrogens (primary N) is 4. The molecule has 0 unspecified atom stereocenters. The van der Waals surface area contributed by atoms with Gasteiger partial charge in [0.05, 0.1) is 13.0 Å². The first-order valence-corrected chi connectivity index (χ1v) is 46.5. The highest BCUT2D eigenvalue weighted by Crippen LogP contribution is 2.29. The third-order valence-corrected chi connectivity index (χ3v) is 21.4. The van der Waals surface area contributed by atoms with E-state index < -0.39 is 227 Å². The molecule has 0 amide bonds. The Balaban J connectivity index is 4.45. The number of unbranched alkanes of at least 4 members (excludes halogenated alkanes) is 1. The van der Waals surface area contributed by atoms with Gasteiger partial charge in [-0.1, -0.05) is 93.7 Å². The monoisotopic (exact) mass is 1960 g/mol. The molecule has 0 spiro atoms. The molecule has 138 heavy (non-hydrogen) atoms. The minimum absolute atomic E-state index is 0.0176. The Bertz CT molecular complexity index is 4440. The lowest BCUT2D eigenvalue weighted by molar-refractivity contribution is -0.139. The number of nitrogens with one attached hydrogen (secondary N) is 9. The maximum Gasteiger partial charge on any atom is 0.328 e. The molecule has 0 saturated heterocycles. The van der Waals surface area contributed by atoms with Crippen molar-refractivity contribution in [2.75, 3.05) is 32.7 Å². The van der Waals surface area contributed by atoms with E-state index in [1.807, 2.05) is 46.8 Å². The van der Waals surface area contributed by atoms with Crippen LogP contribution in [0.25, 0.3) is 0 Å². The summed E-state index contributed by atoms with van der Waals surface area (Å²) in [5.74, 6) is -18.6. The molecule has 0 aromatic carbocycles. The van der Waals surface area contributed by atoms with E-state index in [0.717, 1.165) is 0 Å². The van der Waals surface area contributed by atoms with E-state index in [0.29, 0.717) is 32.1 Å². The molecule has 1 heterocycles. The molecule has 50 nitrogen and oxygen atoms in total. The maximum atomic E-state index is 12.5. The van der Waals surface area contributed by atoms with Gasteiger partial charge >= 0.3 is 11.9 Å². The Morgan fingerprint density at radius 1 is 0.464 bits per heavy atom. The first-order valence-electron chi connectivity index (χ1n) is 46.5. The molecule has 0 aromatic heterocycles. The van der Waals surface area contributed by atoms with Crippen molar-refractivity contribution in [1.29, 1.82) is 27.0 Å². The zero-order valence-electron chi connectivity index (χ0n) is 82.0. The highest BCUT2D eigenvalue weighted by atomic mass is 16.4. The largest absolute Gasteiger partial charge is 0.497 e. The fourth-order valence-electron chi connectivity index (χ4n) is 13.5. The molecular formula is C88H157N29O21. The second-order valence-electron chi connectivity index (χ2n) is 35.5. The average molecular weight is 1960 g/mol. The molecule has 1 rings (SSSR count). The van der Waals surface area contributed by atoms with Crippen molar-refractivity contribution in [3.8, 4) is 0 Å². The number of carboxylic acids is 2.